The van der Waals surface area contributed by atoms with Crippen molar-refractivity contribution in [3.05, 3.63) is 18.2 Å². The predicted molar refractivity (Wildman–Crippen MR) is 87.4 cm³/mol. The summed E-state index contributed by atoms with van der Waals surface area (Å²) in [5.41, 5.74) is 0.339. The minimum absolute atomic E-state index is 0.0474. The summed E-state index contributed by atoms with van der Waals surface area (Å²) in [5.74, 6) is -0.289. The molecule has 2 atom stereocenters. The lowest BCUT2D eigenvalue weighted by Gasteiger charge is -2.25. The average molecular weight is 338 g/mol. The SMILES string of the molecule is COC(=O)C(Cc1cnc[nH]1)N1CCC(NC(=O)OC(C)(C)C)C1. The van der Waals surface area contributed by atoms with Crippen LogP contribution in [-0.4, -0.2) is 64.8 Å². The highest BCUT2D eigenvalue weighted by atomic mass is 16.6. The molecule has 134 valence electrons. The smallest absolute Gasteiger partial charge is 0.407 e. The van der Waals surface area contributed by atoms with Crippen molar-refractivity contribution in [2.45, 2.75) is 51.3 Å². The van der Waals surface area contributed by atoms with Gasteiger partial charge in [-0.05, 0) is 27.2 Å². The van der Waals surface area contributed by atoms with Gasteiger partial charge in [-0.3, -0.25) is 9.69 Å². The molecule has 2 heterocycles. The van der Waals surface area contributed by atoms with E-state index in [0.29, 0.717) is 19.5 Å². The summed E-state index contributed by atoms with van der Waals surface area (Å²) < 4.78 is 10.2. The molecule has 0 bridgehead atoms. The average Bonchev–Trinajstić information content (AvgIpc) is 3.13. The fraction of sp³-hybridized carbons (Fsp3) is 0.688. The first-order valence-electron chi connectivity index (χ1n) is 8.07. The third-order valence-electron chi connectivity index (χ3n) is 3.82. The van der Waals surface area contributed by atoms with Gasteiger partial charge in [0.15, 0.2) is 0 Å². The van der Waals surface area contributed by atoms with Gasteiger partial charge in [0.25, 0.3) is 0 Å². The highest BCUT2D eigenvalue weighted by Crippen LogP contribution is 2.17. The van der Waals surface area contributed by atoms with Crippen LogP contribution in [0.5, 0.6) is 0 Å². The fourth-order valence-corrected chi connectivity index (χ4v) is 2.76. The molecule has 24 heavy (non-hydrogen) atoms. The fourth-order valence-electron chi connectivity index (χ4n) is 2.76. The highest BCUT2D eigenvalue weighted by molar-refractivity contribution is 5.76. The van der Waals surface area contributed by atoms with E-state index in [1.54, 1.807) is 12.5 Å². The Morgan fingerprint density at radius 2 is 2.25 bits per heavy atom. The summed E-state index contributed by atoms with van der Waals surface area (Å²) in [7, 11) is 1.38. The number of nitrogens with zero attached hydrogens (tertiary/aromatic N) is 2. The maximum absolute atomic E-state index is 12.1. The van der Waals surface area contributed by atoms with Crippen LogP contribution < -0.4 is 5.32 Å². The van der Waals surface area contributed by atoms with Crippen molar-refractivity contribution in [2.24, 2.45) is 0 Å². The molecule has 8 heteroatoms. The van der Waals surface area contributed by atoms with E-state index in [1.807, 2.05) is 25.7 Å². The van der Waals surface area contributed by atoms with Gasteiger partial charge < -0.3 is 19.8 Å². The molecular formula is C16H26N4O4. The van der Waals surface area contributed by atoms with Crippen molar-refractivity contribution in [2.75, 3.05) is 20.2 Å². The summed E-state index contributed by atoms with van der Waals surface area (Å²) in [4.78, 5) is 33.0. The standard InChI is InChI=1S/C16H26N4O4/c1-16(2,3)24-15(22)19-11-5-6-20(9-11)13(14(21)23-4)7-12-8-17-10-18-12/h8,10-11,13H,5-7,9H2,1-4H3,(H,17,18)(H,19,22). The number of carbonyl (C=O) groups is 2. The molecule has 1 aromatic heterocycles. The number of likely N-dealkylation sites (tertiary alicyclic amines) is 1. The zero-order valence-corrected chi connectivity index (χ0v) is 14.7. The molecule has 8 nitrogen and oxygen atoms in total. The molecule has 1 aliphatic heterocycles. The van der Waals surface area contributed by atoms with Gasteiger partial charge in [0.2, 0.25) is 0 Å². The Labute approximate surface area is 141 Å². The van der Waals surface area contributed by atoms with E-state index in [1.165, 1.54) is 7.11 Å². The van der Waals surface area contributed by atoms with E-state index >= 15 is 0 Å². The van der Waals surface area contributed by atoms with E-state index in [4.69, 9.17) is 9.47 Å². The van der Waals surface area contributed by atoms with Gasteiger partial charge in [-0.1, -0.05) is 0 Å². The molecule has 0 aliphatic carbocycles. The minimum Gasteiger partial charge on any atom is -0.468 e. The maximum Gasteiger partial charge on any atom is 0.407 e. The third-order valence-corrected chi connectivity index (χ3v) is 3.82. The van der Waals surface area contributed by atoms with Crippen molar-refractivity contribution in [3.63, 3.8) is 0 Å². The summed E-state index contributed by atoms with van der Waals surface area (Å²) in [6.07, 6.45) is 4.10. The molecule has 1 aliphatic rings. The number of methoxy groups -OCH3 is 1. The largest absolute Gasteiger partial charge is 0.468 e. The lowest BCUT2D eigenvalue weighted by Crippen LogP contribution is -2.45. The number of esters is 1. The van der Waals surface area contributed by atoms with E-state index < -0.39 is 17.7 Å². The van der Waals surface area contributed by atoms with Crippen molar-refractivity contribution in [3.8, 4) is 0 Å². The number of amides is 1. The summed E-state index contributed by atoms with van der Waals surface area (Å²) >= 11 is 0. The van der Waals surface area contributed by atoms with Gasteiger partial charge in [0.05, 0.1) is 13.4 Å². The number of carbonyl (C=O) groups excluding carboxylic acids is 2. The number of hydrogen-bond acceptors (Lipinski definition) is 6. The Hall–Kier alpha value is -2.09. The Bertz CT molecular complexity index is 553. The lowest BCUT2D eigenvalue weighted by molar-refractivity contribution is -0.146. The number of nitrogens with one attached hydrogen (secondary N) is 2. The van der Waals surface area contributed by atoms with Crippen LogP contribution in [0.25, 0.3) is 0 Å². The normalized spacial score (nSPS) is 19.8. The first-order valence-corrected chi connectivity index (χ1v) is 8.07. The number of hydrogen-bond donors (Lipinski definition) is 2. The second-order valence-electron chi connectivity index (χ2n) is 6.95. The minimum atomic E-state index is -0.530. The molecule has 1 fully saturated rings. The molecule has 0 saturated carbocycles. The Kier molecular flexibility index (Phi) is 5.82. The molecule has 2 rings (SSSR count). The van der Waals surface area contributed by atoms with Crippen molar-refractivity contribution in [1.82, 2.24) is 20.2 Å². The predicted octanol–water partition coefficient (Wildman–Crippen LogP) is 1.09. The second-order valence-corrected chi connectivity index (χ2v) is 6.95. The summed E-state index contributed by atoms with van der Waals surface area (Å²) in [5, 5.41) is 2.86. The number of imidazole rings is 1. The summed E-state index contributed by atoms with van der Waals surface area (Å²) in [6, 6.07) is -0.449. The van der Waals surface area contributed by atoms with Crippen LogP contribution in [0.2, 0.25) is 0 Å². The Balaban J connectivity index is 1.93. The first-order chi connectivity index (χ1) is 11.3. The van der Waals surface area contributed by atoms with Crippen LogP contribution in [0.15, 0.2) is 12.5 Å². The molecular weight excluding hydrogens is 312 g/mol. The third kappa shape index (κ3) is 5.23. The molecule has 1 amide bonds. The van der Waals surface area contributed by atoms with Gasteiger partial charge in [0, 0.05) is 37.4 Å². The van der Waals surface area contributed by atoms with Crippen molar-refractivity contribution < 1.29 is 19.1 Å². The topological polar surface area (TPSA) is 96.5 Å². The van der Waals surface area contributed by atoms with Gasteiger partial charge in [0.1, 0.15) is 11.6 Å². The second kappa shape index (κ2) is 7.65. The van der Waals surface area contributed by atoms with Crippen LogP contribution >= 0.6 is 0 Å². The summed E-state index contributed by atoms with van der Waals surface area (Å²) in [6.45, 7) is 6.75. The Morgan fingerprint density at radius 1 is 1.50 bits per heavy atom. The number of aromatic nitrogens is 2. The molecule has 2 unspecified atom stereocenters. The highest BCUT2D eigenvalue weighted by Gasteiger charge is 2.34. The number of H-pyrrole nitrogens is 1. The van der Waals surface area contributed by atoms with E-state index in [9.17, 15) is 9.59 Å². The van der Waals surface area contributed by atoms with E-state index in [2.05, 4.69) is 15.3 Å². The van der Waals surface area contributed by atoms with Crippen LogP contribution in [0.4, 0.5) is 4.79 Å². The Morgan fingerprint density at radius 3 is 2.83 bits per heavy atom. The van der Waals surface area contributed by atoms with Crippen LogP contribution in [0.1, 0.15) is 32.9 Å². The first kappa shape index (κ1) is 18.3. The zero-order chi connectivity index (χ0) is 17.7. The van der Waals surface area contributed by atoms with E-state index in [-0.39, 0.29) is 12.0 Å². The zero-order valence-electron chi connectivity index (χ0n) is 14.7. The van der Waals surface area contributed by atoms with Crippen LogP contribution in [-0.2, 0) is 20.7 Å². The maximum atomic E-state index is 12.1. The number of alkyl carbamates (subject to hydrolysis) is 1. The van der Waals surface area contributed by atoms with Gasteiger partial charge in [-0.2, -0.15) is 0 Å². The molecule has 0 radical (unpaired) electrons. The van der Waals surface area contributed by atoms with Crippen molar-refractivity contribution in [1.29, 1.82) is 0 Å². The quantitative estimate of drug-likeness (QED) is 0.780. The number of rotatable bonds is 5. The number of ether oxygens (including phenoxy) is 2. The monoisotopic (exact) mass is 338 g/mol. The molecule has 1 saturated heterocycles. The lowest BCUT2D eigenvalue weighted by atomic mass is 10.1. The number of aromatic amines is 1. The molecule has 1 aromatic rings. The molecule has 0 spiro atoms. The molecule has 0 aromatic carbocycles. The van der Waals surface area contributed by atoms with Gasteiger partial charge >= 0.3 is 12.1 Å². The van der Waals surface area contributed by atoms with Gasteiger partial charge in [-0.15, -0.1) is 0 Å². The van der Waals surface area contributed by atoms with E-state index in [0.717, 1.165) is 12.1 Å². The van der Waals surface area contributed by atoms with Gasteiger partial charge in [-0.25, -0.2) is 9.78 Å². The molecule has 2 N–H and O–H groups in total. The van der Waals surface area contributed by atoms with Crippen molar-refractivity contribution >= 4 is 12.1 Å². The van der Waals surface area contributed by atoms with Crippen LogP contribution in [0, 0.1) is 0 Å². The van der Waals surface area contributed by atoms with Crippen LogP contribution in [0.3, 0.4) is 0 Å².